The molecule has 0 bridgehead atoms. The van der Waals surface area contributed by atoms with Gasteiger partial charge in [-0.05, 0) is 62.7 Å². The number of carbonyl (C=O) groups is 1. The van der Waals surface area contributed by atoms with Gasteiger partial charge in [-0.15, -0.1) is 0 Å². The molecule has 0 spiro atoms. The summed E-state index contributed by atoms with van der Waals surface area (Å²) in [6.45, 7) is 3.31. The second-order valence-electron chi connectivity index (χ2n) is 4.82. The Morgan fingerprint density at radius 2 is 1.76 bits per heavy atom. The summed E-state index contributed by atoms with van der Waals surface area (Å²) in [5, 5.41) is 15.3. The van der Waals surface area contributed by atoms with Crippen molar-refractivity contribution in [3.63, 3.8) is 0 Å². The smallest absolute Gasteiger partial charge is 0.243 e. The molecule has 1 aromatic rings. The molecule has 0 aromatic heterocycles. The van der Waals surface area contributed by atoms with Gasteiger partial charge in [-0.1, -0.05) is 12.1 Å². The average molecular weight is 291 g/mol. The van der Waals surface area contributed by atoms with Crippen molar-refractivity contribution in [2.45, 2.75) is 19.3 Å². The molecule has 1 aromatic carbocycles. The first kappa shape index (κ1) is 17.2. The SMILES string of the molecule is NCCCNCCCCNC(=O)/C=C/c1ccc(O)cc1. The molecule has 0 fully saturated rings. The molecule has 5 N–H and O–H groups in total. The van der Waals surface area contributed by atoms with E-state index in [0.717, 1.165) is 44.5 Å². The van der Waals surface area contributed by atoms with Crippen LogP contribution in [0.4, 0.5) is 0 Å². The average Bonchev–Trinajstić information content (AvgIpc) is 2.49. The summed E-state index contributed by atoms with van der Waals surface area (Å²) in [7, 11) is 0. The van der Waals surface area contributed by atoms with E-state index in [1.807, 2.05) is 0 Å². The number of benzene rings is 1. The topological polar surface area (TPSA) is 87.4 Å². The van der Waals surface area contributed by atoms with Crippen LogP contribution in [0.15, 0.2) is 30.3 Å². The van der Waals surface area contributed by atoms with Crippen molar-refractivity contribution in [1.82, 2.24) is 10.6 Å². The fourth-order valence-electron chi connectivity index (χ4n) is 1.75. The molecule has 0 unspecified atom stereocenters. The number of phenols is 1. The van der Waals surface area contributed by atoms with Crippen molar-refractivity contribution < 1.29 is 9.90 Å². The number of phenolic OH excluding ortho intramolecular Hbond substituents is 1. The highest BCUT2D eigenvalue weighted by Gasteiger charge is 1.95. The number of hydrogen-bond donors (Lipinski definition) is 4. The number of rotatable bonds is 10. The van der Waals surface area contributed by atoms with Crippen molar-refractivity contribution in [3.8, 4) is 5.75 Å². The fraction of sp³-hybridized carbons (Fsp3) is 0.438. The molecule has 0 aliphatic carbocycles. The zero-order chi connectivity index (χ0) is 15.3. The second kappa shape index (κ2) is 10.9. The first-order valence-corrected chi connectivity index (χ1v) is 7.38. The Morgan fingerprint density at radius 3 is 2.48 bits per heavy atom. The van der Waals surface area contributed by atoms with Gasteiger partial charge < -0.3 is 21.5 Å². The molecule has 0 atom stereocenters. The molecule has 0 saturated carbocycles. The number of hydrogen-bond acceptors (Lipinski definition) is 4. The molecule has 0 radical (unpaired) electrons. The van der Waals surface area contributed by atoms with Crippen molar-refractivity contribution in [3.05, 3.63) is 35.9 Å². The summed E-state index contributed by atoms with van der Waals surface area (Å²) in [4.78, 5) is 11.6. The summed E-state index contributed by atoms with van der Waals surface area (Å²) >= 11 is 0. The molecule has 0 saturated heterocycles. The van der Waals surface area contributed by atoms with E-state index in [1.165, 1.54) is 6.08 Å². The van der Waals surface area contributed by atoms with Crippen molar-refractivity contribution in [2.24, 2.45) is 5.73 Å². The lowest BCUT2D eigenvalue weighted by atomic mass is 10.2. The Labute approximate surface area is 126 Å². The van der Waals surface area contributed by atoms with Crippen LogP contribution >= 0.6 is 0 Å². The minimum absolute atomic E-state index is 0.0980. The zero-order valence-electron chi connectivity index (χ0n) is 12.3. The summed E-state index contributed by atoms with van der Waals surface area (Å²) in [6.07, 6.45) is 6.22. The zero-order valence-corrected chi connectivity index (χ0v) is 12.3. The van der Waals surface area contributed by atoms with Crippen LogP contribution in [-0.2, 0) is 4.79 Å². The van der Waals surface area contributed by atoms with Crippen LogP contribution in [0.5, 0.6) is 5.75 Å². The van der Waals surface area contributed by atoms with E-state index in [2.05, 4.69) is 10.6 Å². The van der Waals surface area contributed by atoms with Gasteiger partial charge in [0.1, 0.15) is 5.75 Å². The number of nitrogens with two attached hydrogens (primary N) is 1. The number of carbonyl (C=O) groups excluding carboxylic acids is 1. The maximum Gasteiger partial charge on any atom is 0.243 e. The van der Waals surface area contributed by atoms with Crippen LogP contribution < -0.4 is 16.4 Å². The Bertz CT molecular complexity index is 430. The van der Waals surface area contributed by atoms with Crippen LogP contribution in [0, 0.1) is 0 Å². The minimum Gasteiger partial charge on any atom is -0.508 e. The quantitative estimate of drug-likeness (QED) is 0.386. The van der Waals surface area contributed by atoms with Crippen molar-refractivity contribution >= 4 is 12.0 Å². The standard InChI is InChI=1S/C16H25N3O2/c17-10-3-12-18-11-1-2-13-19-16(21)9-6-14-4-7-15(20)8-5-14/h4-9,18,20H,1-3,10-13,17H2,(H,19,21)/b9-6+. The predicted molar refractivity (Wildman–Crippen MR) is 85.9 cm³/mol. The number of aromatic hydroxyl groups is 1. The monoisotopic (exact) mass is 291 g/mol. The normalized spacial score (nSPS) is 10.9. The van der Waals surface area contributed by atoms with Crippen LogP contribution in [0.2, 0.25) is 0 Å². The van der Waals surface area contributed by atoms with Crippen LogP contribution in [0.3, 0.4) is 0 Å². The number of nitrogens with one attached hydrogen (secondary N) is 2. The molecular formula is C16H25N3O2. The van der Waals surface area contributed by atoms with Gasteiger partial charge in [0.2, 0.25) is 5.91 Å². The maximum atomic E-state index is 11.6. The maximum absolute atomic E-state index is 11.6. The Kier molecular flexibility index (Phi) is 8.91. The molecule has 0 heterocycles. The van der Waals surface area contributed by atoms with E-state index < -0.39 is 0 Å². The van der Waals surface area contributed by atoms with Gasteiger partial charge in [0, 0.05) is 12.6 Å². The molecule has 21 heavy (non-hydrogen) atoms. The molecule has 1 amide bonds. The molecular weight excluding hydrogens is 266 g/mol. The molecule has 0 aliphatic heterocycles. The molecule has 0 aliphatic rings. The predicted octanol–water partition coefficient (Wildman–Crippen LogP) is 1.24. The highest BCUT2D eigenvalue weighted by atomic mass is 16.3. The third kappa shape index (κ3) is 8.83. The van der Waals surface area contributed by atoms with E-state index in [1.54, 1.807) is 30.3 Å². The summed E-state index contributed by atoms with van der Waals surface area (Å²) in [6, 6.07) is 6.70. The van der Waals surface area contributed by atoms with Gasteiger partial charge >= 0.3 is 0 Å². The third-order valence-electron chi connectivity index (χ3n) is 2.96. The van der Waals surface area contributed by atoms with Gasteiger partial charge in [-0.2, -0.15) is 0 Å². The summed E-state index contributed by atoms with van der Waals surface area (Å²) < 4.78 is 0. The summed E-state index contributed by atoms with van der Waals surface area (Å²) in [5.41, 5.74) is 6.28. The Morgan fingerprint density at radius 1 is 1.10 bits per heavy atom. The van der Waals surface area contributed by atoms with Crippen molar-refractivity contribution in [1.29, 1.82) is 0 Å². The van der Waals surface area contributed by atoms with E-state index in [-0.39, 0.29) is 11.7 Å². The van der Waals surface area contributed by atoms with Gasteiger partial charge in [-0.3, -0.25) is 4.79 Å². The van der Waals surface area contributed by atoms with Crippen molar-refractivity contribution in [2.75, 3.05) is 26.2 Å². The Balaban J connectivity index is 2.07. The van der Waals surface area contributed by atoms with Gasteiger partial charge in [-0.25, -0.2) is 0 Å². The molecule has 5 heteroatoms. The van der Waals surface area contributed by atoms with Gasteiger partial charge in [0.15, 0.2) is 0 Å². The molecule has 1 rings (SSSR count). The molecule has 5 nitrogen and oxygen atoms in total. The van der Waals surface area contributed by atoms with E-state index in [4.69, 9.17) is 10.8 Å². The highest BCUT2D eigenvalue weighted by Crippen LogP contribution is 2.10. The Hall–Kier alpha value is -1.85. The van der Waals surface area contributed by atoms with E-state index >= 15 is 0 Å². The largest absolute Gasteiger partial charge is 0.508 e. The van der Waals surface area contributed by atoms with Crippen LogP contribution in [0.25, 0.3) is 6.08 Å². The van der Waals surface area contributed by atoms with Crippen LogP contribution in [0.1, 0.15) is 24.8 Å². The van der Waals surface area contributed by atoms with Crippen LogP contribution in [-0.4, -0.2) is 37.2 Å². The van der Waals surface area contributed by atoms with E-state index in [9.17, 15) is 4.79 Å². The third-order valence-corrected chi connectivity index (χ3v) is 2.96. The lowest BCUT2D eigenvalue weighted by Gasteiger charge is -2.04. The van der Waals surface area contributed by atoms with Gasteiger partial charge in [0.05, 0.1) is 0 Å². The van der Waals surface area contributed by atoms with Gasteiger partial charge in [0.25, 0.3) is 0 Å². The minimum atomic E-state index is -0.0980. The second-order valence-corrected chi connectivity index (χ2v) is 4.82. The first-order chi connectivity index (χ1) is 10.2. The summed E-state index contributed by atoms with van der Waals surface area (Å²) in [5.74, 6) is 0.121. The van der Waals surface area contributed by atoms with E-state index in [0.29, 0.717) is 6.54 Å². The lowest BCUT2D eigenvalue weighted by molar-refractivity contribution is -0.116. The number of unbranched alkanes of at least 4 members (excludes halogenated alkanes) is 1. The first-order valence-electron chi connectivity index (χ1n) is 7.38. The fourth-order valence-corrected chi connectivity index (χ4v) is 1.75. The molecule has 116 valence electrons. The highest BCUT2D eigenvalue weighted by molar-refractivity contribution is 5.91. The lowest BCUT2D eigenvalue weighted by Crippen LogP contribution is -2.24. The number of amides is 1.